The zero-order chi connectivity index (χ0) is 15.5. The zero-order valence-corrected chi connectivity index (χ0v) is 13.2. The van der Waals surface area contributed by atoms with E-state index in [1.54, 1.807) is 14.2 Å². The van der Waals surface area contributed by atoms with Crippen molar-refractivity contribution in [3.63, 3.8) is 0 Å². The summed E-state index contributed by atoms with van der Waals surface area (Å²) in [6.45, 7) is 0.612. The van der Waals surface area contributed by atoms with Crippen molar-refractivity contribution in [3.8, 4) is 11.5 Å². The van der Waals surface area contributed by atoms with Crippen molar-refractivity contribution in [1.29, 1.82) is 0 Å². The molecule has 2 fully saturated rings. The van der Waals surface area contributed by atoms with Crippen LogP contribution in [-0.2, 0) is 4.79 Å². The molecular weight excluding hydrogens is 280 g/mol. The molecule has 120 valence electrons. The molecule has 2 aliphatic rings. The Bertz CT molecular complexity index is 539. The summed E-state index contributed by atoms with van der Waals surface area (Å²) in [4.78, 5) is 11.9. The highest BCUT2D eigenvalue weighted by Gasteiger charge is 2.31. The number of benzene rings is 1. The van der Waals surface area contributed by atoms with Crippen molar-refractivity contribution in [2.75, 3.05) is 20.8 Å². The number of amides is 1. The predicted octanol–water partition coefficient (Wildman–Crippen LogP) is 2.02. The minimum Gasteiger partial charge on any atom is -0.493 e. The molecule has 0 spiro atoms. The van der Waals surface area contributed by atoms with Gasteiger partial charge < -0.3 is 20.1 Å². The van der Waals surface area contributed by atoms with E-state index in [4.69, 9.17) is 9.47 Å². The summed E-state index contributed by atoms with van der Waals surface area (Å²) in [5.41, 5.74) is 1.11. The Morgan fingerprint density at radius 2 is 1.91 bits per heavy atom. The predicted molar refractivity (Wildman–Crippen MR) is 84.2 cm³/mol. The summed E-state index contributed by atoms with van der Waals surface area (Å²) in [5, 5.41) is 6.67. The molecule has 1 amide bonds. The lowest BCUT2D eigenvalue weighted by Crippen LogP contribution is -2.36. The molecule has 2 saturated carbocycles. The second kappa shape index (κ2) is 6.57. The van der Waals surface area contributed by atoms with Crippen LogP contribution in [0.25, 0.3) is 0 Å². The molecule has 3 rings (SSSR count). The molecule has 5 nitrogen and oxygen atoms in total. The van der Waals surface area contributed by atoms with Crippen molar-refractivity contribution in [2.24, 2.45) is 5.92 Å². The molecular formula is C17H24N2O3. The molecule has 0 aromatic heterocycles. The Kier molecular flexibility index (Phi) is 4.52. The molecule has 0 saturated heterocycles. The van der Waals surface area contributed by atoms with E-state index in [2.05, 4.69) is 10.6 Å². The topological polar surface area (TPSA) is 59.6 Å². The molecule has 0 heterocycles. The number of carbonyl (C=O) groups excluding carboxylic acids is 1. The Balaban J connectivity index is 1.70. The normalized spacial score (nSPS) is 18.6. The second-order valence-electron chi connectivity index (χ2n) is 6.13. The van der Waals surface area contributed by atoms with Crippen LogP contribution in [0.5, 0.6) is 11.5 Å². The number of ether oxygens (including phenoxy) is 2. The van der Waals surface area contributed by atoms with Crippen LogP contribution in [0, 0.1) is 5.92 Å². The van der Waals surface area contributed by atoms with Gasteiger partial charge in [0.25, 0.3) is 0 Å². The number of methoxy groups -OCH3 is 2. The Labute approximate surface area is 131 Å². The van der Waals surface area contributed by atoms with E-state index >= 15 is 0 Å². The summed E-state index contributed by atoms with van der Waals surface area (Å²) in [7, 11) is 3.27. The first-order valence-corrected chi connectivity index (χ1v) is 7.97. The molecule has 22 heavy (non-hydrogen) atoms. The highest BCUT2D eigenvalue weighted by atomic mass is 16.5. The summed E-state index contributed by atoms with van der Waals surface area (Å²) < 4.78 is 10.7. The maximum Gasteiger partial charge on any atom is 0.223 e. The van der Waals surface area contributed by atoms with Gasteiger partial charge in [0, 0.05) is 24.5 Å². The van der Waals surface area contributed by atoms with Gasteiger partial charge in [0.2, 0.25) is 5.91 Å². The van der Waals surface area contributed by atoms with E-state index < -0.39 is 0 Å². The minimum absolute atomic E-state index is 0.106. The van der Waals surface area contributed by atoms with Crippen molar-refractivity contribution >= 4 is 5.91 Å². The van der Waals surface area contributed by atoms with Crippen LogP contribution >= 0.6 is 0 Å². The molecule has 0 radical (unpaired) electrons. The fraction of sp³-hybridized carbons (Fsp3) is 0.588. The average Bonchev–Trinajstić information content (AvgIpc) is 3.43. The lowest BCUT2D eigenvalue weighted by atomic mass is 10.1. The first kappa shape index (κ1) is 15.2. The zero-order valence-electron chi connectivity index (χ0n) is 13.2. The van der Waals surface area contributed by atoms with Gasteiger partial charge in [-0.1, -0.05) is 6.07 Å². The van der Waals surface area contributed by atoms with Gasteiger partial charge in [0.05, 0.1) is 14.2 Å². The van der Waals surface area contributed by atoms with Crippen LogP contribution in [0.3, 0.4) is 0 Å². The van der Waals surface area contributed by atoms with Crippen molar-refractivity contribution in [3.05, 3.63) is 23.8 Å². The number of carbonyl (C=O) groups is 1. The maximum absolute atomic E-state index is 11.9. The summed E-state index contributed by atoms with van der Waals surface area (Å²) in [5.74, 6) is 1.87. The molecule has 1 unspecified atom stereocenters. The van der Waals surface area contributed by atoms with Crippen LogP contribution < -0.4 is 20.1 Å². The third-order valence-corrected chi connectivity index (χ3v) is 4.25. The van der Waals surface area contributed by atoms with Crippen LogP contribution in [0.15, 0.2) is 18.2 Å². The van der Waals surface area contributed by atoms with Gasteiger partial charge in [-0.25, -0.2) is 0 Å². The summed E-state index contributed by atoms with van der Waals surface area (Å²) in [6.07, 6.45) is 4.48. The SMILES string of the molecule is COc1ccc(C(CNC(=O)C2CC2)NC2CC2)cc1OC. The highest BCUT2D eigenvalue weighted by molar-refractivity contribution is 5.80. The van der Waals surface area contributed by atoms with E-state index in [0.717, 1.165) is 29.9 Å². The second-order valence-corrected chi connectivity index (χ2v) is 6.13. The summed E-state index contributed by atoms with van der Waals surface area (Å²) >= 11 is 0. The van der Waals surface area contributed by atoms with E-state index in [9.17, 15) is 4.79 Å². The van der Waals surface area contributed by atoms with E-state index in [0.29, 0.717) is 12.6 Å². The van der Waals surface area contributed by atoms with E-state index in [1.807, 2.05) is 18.2 Å². The Morgan fingerprint density at radius 1 is 1.18 bits per heavy atom. The van der Waals surface area contributed by atoms with Crippen molar-refractivity contribution in [1.82, 2.24) is 10.6 Å². The average molecular weight is 304 g/mol. The van der Waals surface area contributed by atoms with Gasteiger partial charge in [0.15, 0.2) is 11.5 Å². The smallest absolute Gasteiger partial charge is 0.223 e. The monoisotopic (exact) mass is 304 g/mol. The van der Waals surface area contributed by atoms with Gasteiger partial charge in [-0.2, -0.15) is 0 Å². The molecule has 0 bridgehead atoms. The van der Waals surface area contributed by atoms with Gasteiger partial charge in [0.1, 0.15) is 0 Å². The Morgan fingerprint density at radius 3 is 2.50 bits per heavy atom. The highest BCUT2D eigenvalue weighted by Crippen LogP contribution is 2.32. The van der Waals surface area contributed by atoms with Crippen LogP contribution in [0.2, 0.25) is 0 Å². The number of rotatable bonds is 8. The fourth-order valence-corrected chi connectivity index (χ4v) is 2.57. The lowest BCUT2D eigenvalue weighted by molar-refractivity contribution is -0.122. The fourth-order valence-electron chi connectivity index (χ4n) is 2.57. The van der Waals surface area contributed by atoms with Gasteiger partial charge in [-0.15, -0.1) is 0 Å². The van der Waals surface area contributed by atoms with Crippen LogP contribution in [0.1, 0.15) is 37.3 Å². The number of hydrogen-bond donors (Lipinski definition) is 2. The van der Waals surface area contributed by atoms with Crippen molar-refractivity contribution < 1.29 is 14.3 Å². The first-order valence-electron chi connectivity index (χ1n) is 7.97. The molecule has 2 N–H and O–H groups in total. The van der Waals surface area contributed by atoms with Gasteiger partial charge >= 0.3 is 0 Å². The molecule has 2 aliphatic carbocycles. The maximum atomic E-state index is 11.9. The molecule has 1 atom stereocenters. The lowest BCUT2D eigenvalue weighted by Gasteiger charge is -2.21. The number of hydrogen-bond acceptors (Lipinski definition) is 4. The standard InChI is InChI=1S/C17H24N2O3/c1-21-15-8-5-12(9-16(15)22-2)14(19-13-6-7-13)10-18-17(20)11-3-4-11/h5,8-9,11,13-14,19H,3-4,6-7,10H2,1-2H3,(H,18,20). The van der Waals surface area contributed by atoms with Crippen LogP contribution in [0.4, 0.5) is 0 Å². The minimum atomic E-state index is 0.106. The van der Waals surface area contributed by atoms with E-state index in [1.165, 1.54) is 12.8 Å². The third kappa shape index (κ3) is 3.71. The van der Waals surface area contributed by atoms with E-state index in [-0.39, 0.29) is 17.9 Å². The molecule has 5 heteroatoms. The molecule has 0 aliphatic heterocycles. The van der Waals surface area contributed by atoms with Gasteiger partial charge in [-0.05, 0) is 43.4 Å². The van der Waals surface area contributed by atoms with Crippen molar-refractivity contribution in [2.45, 2.75) is 37.8 Å². The first-order chi connectivity index (χ1) is 10.7. The Hall–Kier alpha value is -1.75. The summed E-state index contributed by atoms with van der Waals surface area (Å²) in [6, 6.07) is 6.61. The molecule has 1 aromatic carbocycles. The van der Waals surface area contributed by atoms with Crippen LogP contribution in [-0.4, -0.2) is 32.7 Å². The quantitative estimate of drug-likeness (QED) is 0.771. The van der Waals surface area contributed by atoms with Gasteiger partial charge in [-0.3, -0.25) is 4.79 Å². The number of nitrogens with one attached hydrogen (secondary N) is 2. The molecule has 1 aromatic rings. The third-order valence-electron chi connectivity index (χ3n) is 4.25. The largest absolute Gasteiger partial charge is 0.493 e.